The molecule has 2 fully saturated rings. The second kappa shape index (κ2) is 10.1. The minimum atomic E-state index is -4.33. The largest absolute Gasteiger partial charge is 0.411 e. The normalized spacial score (nSPS) is 24.2. The van der Waals surface area contributed by atoms with Crippen molar-refractivity contribution < 1.29 is 27.4 Å². The van der Waals surface area contributed by atoms with E-state index in [0.29, 0.717) is 17.0 Å². The molecule has 0 spiro atoms. The third-order valence-corrected chi connectivity index (χ3v) is 5.65. The number of likely N-dealkylation sites (tertiary alicyclic amines) is 1. The molecule has 0 aliphatic carbocycles. The first-order valence-corrected chi connectivity index (χ1v) is 10.6. The number of hydrogen-bond donors (Lipinski definition) is 0. The first kappa shape index (κ1) is 23.0. The smallest absolute Gasteiger partial charge is 0.373 e. The van der Waals surface area contributed by atoms with Crippen LogP contribution in [0.5, 0.6) is 0 Å². The van der Waals surface area contributed by atoms with Crippen LogP contribution >= 0.6 is 0 Å². The summed E-state index contributed by atoms with van der Waals surface area (Å²) in [7, 11) is 0. The fraction of sp³-hybridized carbons (Fsp3) is 0.682. The molecule has 30 heavy (non-hydrogen) atoms. The van der Waals surface area contributed by atoms with E-state index in [2.05, 4.69) is 23.5 Å². The summed E-state index contributed by atoms with van der Waals surface area (Å²) in [6, 6.07) is 6.63. The second-order valence-electron chi connectivity index (χ2n) is 8.52. The van der Waals surface area contributed by atoms with Gasteiger partial charge in [0.15, 0.2) is 0 Å². The van der Waals surface area contributed by atoms with Crippen LogP contribution in [0.1, 0.15) is 42.6 Å². The number of carbonyl (C=O) groups is 1. The lowest BCUT2D eigenvalue weighted by molar-refractivity contribution is -0.176. The number of hydrogen-bond acceptors (Lipinski definition) is 4. The molecule has 0 N–H and O–H groups in total. The van der Waals surface area contributed by atoms with E-state index in [-0.39, 0.29) is 24.7 Å². The molecular weight excluding hydrogens is 397 g/mol. The highest BCUT2D eigenvalue weighted by Crippen LogP contribution is 2.22. The van der Waals surface area contributed by atoms with E-state index in [1.807, 2.05) is 4.90 Å². The Morgan fingerprint density at radius 3 is 2.27 bits per heavy atom. The summed E-state index contributed by atoms with van der Waals surface area (Å²) < 4.78 is 46.9. The van der Waals surface area contributed by atoms with Gasteiger partial charge in [-0.3, -0.25) is 9.69 Å². The van der Waals surface area contributed by atoms with Crippen LogP contribution in [0.3, 0.4) is 0 Å². The number of rotatable bonds is 6. The van der Waals surface area contributed by atoms with Crippen LogP contribution in [0.4, 0.5) is 13.2 Å². The van der Waals surface area contributed by atoms with Crippen LogP contribution in [-0.2, 0) is 16.1 Å². The number of carbonyl (C=O) groups excluding carboxylic acids is 1. The Kier molecular flexibility index (Phi) is 7.76. The first-order chi connectivity index (χ1) is 14.2. The van der Waals surface area contributed by atoms with Gasteiger partial charge in [-0.05, 0) is 50.3 Å². The topological polar surface area (TPSA) is 42.0 Å². The van der Waals surface area contributed by atoms with Crippen LogP contribution in [0.15, 0.2) is 24.3 Å². The van der Waals surface area contributed by atoms with Gasteiger partial charge in [0, 0.05) is 38.3 Å². The molecule has 0 aromatic heterocycles. The molecule has 1 aromatic carbocycles. The van der Waals surface area contributed by atoms with Gasteiger partial charge in [-0.1, -0.05) is 12.1 Å². The number of amides is 1. The Labute approximate surface area is 176 Å². The van der Waals surface area contributed by atoms with Crippen LogP contribution in [-0.4, -0.2) is 73.4 Å². The fourth-order valence-corrected chi connectivity index (χ4v) is 4.33. The van der Waals surface area contributed by atoms with Gasteiger partial charge in [-0.25, -0.2) is 0 Å². The zero-order valence-corrected chi connectivity index (χ0v) is 17.7. The first-order valence-electron chi connectivity index (χ1n) is 10.6. The number of ether oxygens (including phenoxy) is 2. The standard InChI is InChI=1S/C22H31F3N2O3/c1-16-11-26(12-17(2)30-16)13-18-7-9-27(10-8-18)21(28)20-5-3-19(4-6-20)14-29-15-22(23,24)25/h3-6,16-18H,7-15H2,1-2H3. The lowest BCUT2D eigenvalue weighted by Gasteiger charge is -2.39. The van der Waals surface area contributed by atoms with Gasteiger partial charge in [-0.2, -0.15) is 13.2 Å². The third kappa shape index (κ3) is 6.96. The van der Waals surface area contributed by atoms with Crippen molar-refractivity contribution in [3.05, 3.63) is 35.4 Å². The molecule has 1 amide bonds. The maximum atomic E-state index is 12.8. The van der Waals surface area contributed by atoms with E-state index in [0.717, 1.165) is 45.6 Å². The van der Waals surface area contributed by atoms with Crippen LogP contribution in [0.25, 0.3) is 0 Å². The molecule has 0 bridgehead atoms. The molecule has 1 aromatic rings. The zero-order chi connectivity index (χ0) is 21.7. The molecule has 2 atom stereocenters. The van der Waals surface area contributed by atoms with Crippen molar-refractivity contribution in [2.24, 2.45) is 5.92 Å². The monoisotopic (exact) mass is 428 g/mol. The Morgan fingerprint density at radius 1 is 1.10 bits per heavy atom. The molecule has 2 heterocycles. The Hall–Kier alpha value is -1.64. The SMILES string of the molecule is CC1CN(CC2CCN(C(=O)c3ccc(COCC(F)(F)F)cc3)CC2)CC(C)O1. The maximum absolute atomic E-state index is 12.8. The van der Waals surface area contributed by atoms with Gasteiger partial charge in [0.25, 0.3) is 5.91 Å². The van der Waals surface area contributed by atoms with Gasteiger partial charge in [0.05, 0.1) is 18.8 Å². The number of alkyl halides is 3. The molecule has 0 radical (unpaired) electrons. The molecular formula is C22H31F3N2O3. The summed E-state index contributed by atoms with van der Waals surface area (Å²) in [6.45, 7) is 7.25. The van der Waals surface area contributed by atoms with E-state index in [4.69, 9.17) is 4.74 Å². The number of morpholine rings is 1. The van der Waals surface area contributed by atoms with E-state index >= 15 is 0 Å². The zero-order valence-electron chi connectivity index (χ0n) is 17.7. The number of halogens is 3. The van der Waals surface area contributed by atoms with E-state index < -0.39 is 12.8 Å². The van der Waals surface area contributed by atoms with Gasteiger partial charge >= 0.3 is 6.18 Å². The van der Waals surface area contributed by atoms with Crippen molar-refractivity contribution in [2.45, 2.75) is 51.7 Å². The highest BCUT2D eigenvalue weighted by atomic mass is 19.4. The van der Waals surface area contributed by atoms with Crippen molar-refractivity contribution in [2.75, 3.05) is 39.3 Å². The van der Waals surface area contributed by atoms with Gasteiger partial charge in [0.1, 0.15) is 6.61 Å². The minimum absolute atomic E-state index is 0.0233. The average Bonchev–Trinajstić information content (AvgIpc) is 2.67. The van der Waals surface area contributed by atoms with E-state index in [1.165, 1.54) is 0 Å². The maximum Gasteiger partial charge on any atom is 0.411 e. The minimum Gasteiger partial charge on any atom is -0.373 e. The molecule has 8 heteroatoms. The number of piperidine rings is 1. The molecule has 5 nitrogen and oxygen atoms in total. The molecule has 2 saturated heterocycles. The Morgan fingerprint density at radius 2 is 1.70 bits per heavy atom. The van der Waals surface area contributed by atoms with Crippen molar-refractivity contribution >= 4 is 5.91 Å². The van der Waals surface area contributed by atoms with Gasteiger partial charge in [-0.15, -0.1) is 0 Å². The molecule has 2 aliphatic heterocycles. The Bertz CT molecular complexity index is 678. The number of benzene rings is 1. The molecule has 0 saturated carbocycles. The highest BCUT2D eigenvalue weighted by Gasteiger charge is 2.29. The molecule has 168 valence electrons. The van der Waals surface area contributed by atoms with Crippen molar-refractivity contribution in [1.82, 2.24) is 9.80 Å². The van der Waals surface area contributed by atoms with Crippen molar-refractivity contribution in [1.29, 1.82) is 0 Å². The van der Waals surface area contributed by atoms with Crippen LogP contribution < -0.4 is 0 Å². The summed E-state index contributed by atoms with van der Waals surface area (Å²) in [5, 5.41) is 0. The van der Waals surface area contributed by atoms with E-state index in [9.17, 15) is 18.0 Å². The summed E-state index contributed by atoms with van der Waals surface area (Å²) in [5.74, 6) is 0.560. The van der Waals surface area contributed by atoms with E-state index in [1.54, 1.807) is 24.3 Å². The molecule has 2 aliphatic rings. The van der Waals surface area contributed by atoms with Crippen molar-refractivity contribution in [3.63, 3.8) is 0 Å². The third-order valence-electron chi connectivity index (χ3n) is 5.65. The average molecular weight is 428 g/mol. The lowest BCUT2D eigenvalue weighted by atomic mass is 9.95. The lowest BCUT2D eigenvalue weighted by Crippen LogP contribution is -2.48. The Balaban J connectivity index is 1.43. The molecule has 3 rings (SSSR count). The highest BCUT2D eigenvalue weighted by molar-refractivity contribution is 5.94. The van der Waals surface area contributed by atoms with Crippen LogP contribution in [0, 0.1) is 5.92 Å². The quantitative estimate of drug-likeness (QED) is 0.693. The summed E-state index contributed by atoms with van der Waals surface area (Å²) in [5.41, 5.74) is 1.17. The van der Waals surface area contributed by atoms with Gasteiger partial charge in [0.2, 0.25) is 0 Å². The predicted molar refractivity (Wildman–Crippen MR) is 107 cm³/mol. The summed E-state index contributed by atoms with van der Waals surface area (Å²) in [4.78, 5) is 17.1. The molecule has 2 unspecified atom stereocenters. The van der Waals surface area contributed by atoms with Gasteiger partial charge < -0.3 is 14.4 Å². The fourth-order valence-electron chi connectivity index (χ4n) is 4.33. The second-order valence-corrected chi connectivity index (χ2v) is 8.52. The number of nitrogens with zero attached hydrogens (tertiary/aromatic N) is 2. The summed E-state index contributed by atoms with van der Waals surface area (Å²) >= 11 is 0. The predicted octanol–water partition coefficient (Wildman–Crippen LogP) is 3.73. The van der Waals surface area contributed by atoms with Crippen LogP contribution in [0.2, 0.25) is 0 Å². The summed E-state index contributed by atoms with van der Waals surface area (Å²) in [6.07, 6.45) is -1.85. The van der Waals surface area contributed by atoms with Crippen molar-refractivity contribution in [3.8, 4) is 0 Å².